The second-order valence-corrected chi connectivity index (χ2v) is 6.83. The van der Waals surface area contributed by atoms with Crippen molar-refractivity contribution in [1.29, 1.82) is 0 Å². The van der Waals surface area contributed by atoms with Crippen LogP contribution in [0.25, 0.3) is 0 Å². The molecule has 8 heteroatoms. The molecule has 0 radical (unpaired) electrons. The second kappa shape index (κ2) is 11.6. The number of rotatable bonds is 10. The molecule has 0 unspecified atom stereocenters. The third-order valence-corrected chi connectivity index (χ3v) is 4.16. The zero-order valence-corrected chi connectivity index (χ0v) is 17.4. The molecule has 0 aliphatic rings. The Hall–Kier alpha value is -3.39. The fourth-order valence-electron chi connectivity index (χ4n) is 2.51. The summed E-state index contributed by atoms with van der Waals surface area (Å²) in [7, 11) is 5.17. The lowest BCUT2D eigenvalue weighted by atomic mass is 10.1. The van der Waals surface area contributed by atoms with E-state index in [9.17, 15) is 14.4 Å². The molecule has 0 spiro atoms. The zero-order valence-electron chi connectivity index (χ0n) is 17.4. The average Bonchev–Trinajstić information content (AvgIpc) is 2.73. The first kappa shape index (κ1) is 22.9. The summed E-state index contributed by atoms with van der Waals surface area (Å²) in [5.41, 5.74) is 1.80. The van der Waals surface area contributed by atoms with E-state index in [0.29, 0.717) is 23.6 Å². The summed E-state index contributed by atoms with van der Waals surface area (Å²) in [5, 5.41) is 5.31. The molecule has 30 heavy (non-hydrogen) atoms. The maximum absolute atomic E-state index is 12.7. The Morgan fingerprint density at radius 2 is 1.70 bits per heavy atom. The van der Waals surface area contributed by atoms with Gasteiger partial charge in [0.2, 0.25) is 5.91 Å². The Bertz CT molecular complexity index is 865. The molecule has 0 saturated heterocycles. The second-order valence-electron chi connectivity index (χ2n) is 6.83. The molecular weight excluding hydrogens is 386 g/mol. The third kappa shape index (κ3) is 7.56. The van der Waals surface area contributed by atoms with E-state index in [1.54, 1.807) is 42.5 Å². The Morgan fingerprint density at radius 3 is 2.37 bits per heavy atom. The smallest absolute Gasteiger partial charge is 0.325 e. The van der Waals surface area contributed by atoms with Gasteiger partial charge in [0.1, 0.15) is 18.9 Å². The van der Waals surface area contributed by atoms with Crippen molar-refractivity contribution in [3.8, 4) is 5.75 Å². The highest BCUT2D eigenvalue weighted by atomic mass is 16.5. The number of carbonyl (C=O) groups excluding carboxylic acids is 3. The van der Waals surface area contributed by atoms with Crippen molar-refractivity contribution >= 4 is 23.5 Å². The van der Waals surface area contributed by atoms with E-state index >= 15 is 0 Å². The van der Waals surface area contributed by atoms with Crippen molar-refractivity contribution in [3.05, 3.63) is 59.7 Å². The lowest BCUT2D eigenvalue weighted by molar-refractivity contribution is -0.141. The summed E-state index contributed by atoms with van der Waals surface area (Å²) in [5.74, 6) is -0.553. The van der Waals surface area contributed by atoms with Crippen molar-refractivity contribution in [2.45, 2.75) is 6.42 Å². The van der Waals surface area contributed by atoms with Gasteiger partial charge in [-0.05, 0) is 43.9 Å². The summed E-state index contributed by atoms with van der Waals surface area (Å²) in [6.07, 6.45) is 0.119. The monoisotopic (exact) mass is 413 g/mol. The van der Waals surface area contributed by atoms with Gasteiger partial charge in [-0.15, -0.1) is 0 Å². The Balaban J connectivity index is 1.93. The molecule has 0 heterocycles. The van der Waals surface area contributed by atoms with E-state index < -0.39 is 5.97 Å². The molecule has 2 N–H and O–H groups in total. The predicted octanol–water partition coefficient (Wildman–Crippen LogP) is 1.71. The van der Waals surface area contributed by atoms with E-state index in [-0.39, 0.29) is 24.8 Å². The van der Waals surface area contributed by atoms with Crippen molar-refractivity contribution in [2.24, 2.45) is 0 Å². The number of hydrogen-bond acceptors (Lipinski definition) is 6. The number of esters is 1. The minimum Gasteiger partial charge on any atom is -0.491 e. The van der Waals surface area contributed by atoms with Crippen LogP contribution in [0.4, 0.5) is 5.69 Å². The van der Waals surface area contributed by atoms with E-state index in [1.165, 1.54) is 7.11 Å². The topological polar surface area (TPSA) is 97.0 Å². The molecule has 0 aliphatic carbocycles. The molecule has 2 aromatic carbocycles. The molecule has 2 aromatic rings. The van der Waals surface area contributed by atoms with E-state index in [4.69, 9.17) is 4.74 Å². The fourth-order valence-corrected chi connectivity index (χ4v) is 2.51. The minimum atomic E-state index is -0.507. The predicted molar refractivity (Wildman–Crippen MR) is 114 cm³/mol. The number of nitrogens with one attached hydrogen (secondary N) is 2. The van der Waals surface area contributed by atoms with Gasteiger partial charge in [0.05, 0.1) is 19.1 Å². The van der Waals surface area contributed by atoms with Crippen molar-refractivity contribution in [2.75, 3.05) is 46.2 Å². The quantitative estimate of drug-likeness (QED) is 0.576. The molecule has 0 atom stereocenters. The number of hydrogen-bond donors (Lipinski definition) is 2. The van der Waals surface area contributed by atoms with Crippen molar-refractivity contribution < 1.29 is 23.9 Å². The van der Waals surface area contributed by atoms with Gasteiger partial charge >= 0.3 is 5.97 Å². The number of nitrogens with zero attached hydrogens (tertiary/aromatic N) is 1. The third-order valence-electron chi connectivity index (χ3n) is 4.16. The highest BCUT2D eigenvalue weighted by molar-refractivity contribution is 6.06. The normalized spacial score (nSPS) is 10.4. The van der Waals surface area contributed by atoms with Crippen LogP contribution in [0.15, 0.2) is 48.5 Å². The minimum absolute atomic E-state index is 0.119. The Morgan fingerprint density at radius 1 is 1.00 bits per heavy atom. The highest BCUT2D eigenvalue weighted by Gasteiger charge is 2.13. The zero-order chi connectivity index (χ0) is 21.9. The van der Waals surface area contributed by atoms with Gasteiger partial charge in [0.15, 0.2) is 0 Å². The lowest BCUT2D eigenvalue weighted by Gasteiger charge is -2.14. The van der Waals surface area contributed by atoms with E-state index in [2.05, 4.69) is 15.4 Å². The average molecular weight is 413 g/mol. The number of ether oxygens (including phenoxy) is 2. The Kier molecular flexibility index (Phi) is 8.83. The number of likely N-dealkylation sites (N-methyl/N-ethyl adjacent to an activating group) is 1. The van der Waals surface area contributed by atoms with Gasteiger partial charge in [-0.1, -0.05) is 24.3 Å². The van der Waals surface area contributed by atoms with Gasteiger partial charge in [0.25, 0.3) is 5.91 Å². The van der Waals surface area contributed by atoms with Crippen LogP contribution in [-0.4, -0.2) is 63.6 Å². The van der Waals surface area contributed by atoms with Crippen LogP contribution >= 0.6 is 0 Å². The largest absolute Gasteiger partial charge is 0.491 e. The van der Waals surface area contributed by atoms with E-state index in [1.807, 2.05) is 25.1 Å². The van der Waals surface area contributed by atoms with Crippen LogP contribution in [0.3, 0.4) is 0 Å². The standard InChI is InChI=1S/C22H27N3O5/c1-25(2)12-13-30-19-7-5-4-6-18(19)22(28)24-17-10-8-16(9-11-17)14-20(26)23-15-21(27)29-3/h4-11H,12-15H2,1-3H3,(H,23,26)(H,24,28). The van der Waals surface area contributed by atoms with Crippen LogP contribution in [0, 0.1) is 0 Å². The van der Waals surface area contributed by atoms with Gasteiger partial charge in [-0.25, -0.2) is 0 Å². The lowest BCUT2D eigenvalue weighted by Crippen LogP contribution is -2.31. The van der Waals surface area contributed by atoms with Crippen LogP contribution in [0.2, 0.25) is 0 Å². The van der Waals surface area contributed by atoms with Gasteiger partial charge < -0.3 is 25.0 Å². The molecule has 0 aliphatic heterocycles. The Labute approximate surface area is 176 Å². The van der Waals surface area contributed by atoms with Crippen molar-refractivity contribution in [1.82, 2.24) is 10.2 Å². The first-order valence-corrected chi connectivity index (χ1v) is 9.49. The van der Waals surface area contributed by atoms with Crippen molar-refractivity contribution in [3.63, 3.8) is 0 Å². The number of benzene rings is 2. The maximum Gasteiger partial charge on any atom is 0.325 e. The summed E-state index contributed by atoms with van der Waals surface area (Å²) < 4.78 is 10.2. The SMILES string of the molecule is COC(=O)CNC(=O)Cc1ccc(NC(=O)c2ccccc2OCCN(C)C)cc1. The van der Waals surface area contributed by atoms with Gasteiger partial charge in [-0.2, -0.15) is 0 Å². The van der Waals surface area contributed by atoms with Gasteiger partial charge in [-0.3, -0.25) is 14.4 Å². The summed E-state index contributed by atoms with van der Waals surface area (Å²) in [4.78, 5) is 37.6. The molecule has 0 aromatic heterocycles. The van der Waals surface area contributed by atoms with Crippen LogP contribution in [0.1, 0.15) is 15.9 Å². The first-order valence-electron chi connectivity index (χ1n) is 9.49. The van der Waals surface area contributed by atoms with Gasteiger partial charge in [0, 0.05) is 12.2 Å². The molecule has 0 saturated carbocycles. The maximum atomic E-state index is 12.7. The number of amides is 2. The molecule has 8 nitrogen and oxygen atoms in total. The first-order chi connectivity index (χ1) is 14.4. The van der Waals surface area contributed by atoms with E-state index in [0.717, 1.165) is 12.1 Å². The highest BCUT2D eigenvalue weighted by Crippen LogP contribution is 2.20. The molecule has 2 rings (SSSR count). The van der Waals surface area contributed by atoms with Crippen LogP contribution in [0.5, 0.6) is 5.75 Å². The molecule has 0 bridgehead atoms. The number of carbonyl (C=O) groups is 3. The van der Waals surface area contributed by atoms with Crippen LogP contribution in [-0.2, 0) is 20.7 Å². The summed E-state index contributed by atoms with van der Waals surface area (Å²) in [6.45, 7) is 1.05. The molecular formula is C22H27N3O5. The molecule has 0 fully saturated rings. The fraction of sp³-hybridized carbons (Fsp3) is 0.318. The number of anilines is 1. The number of para-hydroxylation sites is 1. The molecule has 2 amide bonds. The number of methoxy groups -OCH3 is 1. The summed E-state index contributed by atoms with van der Waals surface area (Å²) >= 11 is 0. The summed E-state index contributed by atoms with van der Waals surface area (Å²) in [6, 6.07) is 14.0. The van der Waals surface area contributed by atoms with Crippen LogP contribution < -0.4 is 15.4 Å². The molecule has 160 valence electrons.